The van der Waals surface area contributed by atoms with E-state index in [1.165, 1.54) is 0 Å². The lowest BCUT2D eigenvalue weighted by molar-refractivity contribution is 0.282. The van der Waals surface area contributed by atoms with Crippen LogP contribution in [0, 0.1) is 0 Å². The Balaban J connectivity index is 2.87. The molecule has 0 heterocycles. The molecule has 1 aromatic carbocycles. The fourth-order valence-electron chi connectivity index (χ4n) is 1.16. The average Bonchev–Trinajstić information content (AvgIpc) is 2.09. The first-order valence-electron chi connectivity index (χ1n) is 4.16. The van der Waals surface area contributed by atoms with Gasteiger partial charge in [0, 0.05) is 5.02 Å². The van der Waals surface area contributed by atoms with E-state index in [1.54, 1.807) is 0 Å². The first-order valence-corrected chi connectivity index (χ1v) is 4.54. The van der Waals surface area contributed by atoms with Gasteiger partial charge in [0.25, 0.3) is 0 Å². The molecule has 0 bridgehead atoms. The van der Waals surface area contributed by atoms with Gasteiger partial charge in [0.15, 0.2) is 0 Å². The lowest BCUT2D eigenvalue weighted by Gasteiger charge is -2.03. The van der Waals surface area contributed by atoms with Crippen molar-refractivity contribution < 1.29 is 5.11 Å². The van der Waals surface area contributed by atoms with E-state index < -0.39 is 0 Å². The summed E-state index contributed by atoms with van der Waals surface area (Å²) >= 11 is 5.98. The van der Waals surface area contributed by atoms with E-state index in [9.17, 15) is 0 Å². The Hall–Kier alpha value is -0.530. The molecule has 0 amide bonds. The van der Waals surface area contributed by atoms with Crippen molar-refractivity contribution in [1.29, 1.82) is 0 Å². The van der Waals surface area contributed by atoms with Gasteiger partial charge in [0.1, 0.15) is 0 Å². The standard InChI is InChI=1S/C10H13ClO/c1-2-3-9-5-4-8(7-12)6-10(9)11/h4-6,12H,2-3,7H2,1H3. The molecule has 0 aliphatic carbocycles. The van der Waals surface area contributed by atoms with Crippen LogP contribution in [-0.4, -0.2) is 5.11 Å². The Kier molecular flexibility index (Phi) is 3.57. The molecule has 1 rings (SSSR count). The zero-order valence-corrected chi connectivity index (χ0v) is 7.93. The highest BCUT2D eigenvalue weighted by Gasteiger charge is 1.99. The summed E-state index contributed by atoms with van der Waals surface area (Å²) in [6.45, 7) is 2.18. The van der Waals surface area contributed by atoms with Crippen molar-refractivity contribution >= 4 is 11.6 Å². The SMILES string of the molecule is CCCc1ccc(CO)cc1Cl. The Morgan fingerprint density at radius 3 is 2.67 bits per heavy atom. The second-order valence-electron chi connectivity index (χ2n) is 2.83. The fourth-order valence-corrected chi connectivity index (χ4v) is 1.46. The number of aryl methyl sites for hydroxylation is 1. The fraction of sp³-hybridized carbons (Fsp3) is 0.400. The van der Waals surface area contributed by atoms with Gasteiger partial charge in [-0.15, -0.1) is 0 Å². The molecule has 1 nitrogen and oxygen atoms in total. The number of rotatable bonds is 3. The van der Waals surface area contributed by atoms with Crippen LogP contribution < -0.4 is 0 Å². The maximum Gasteiger partial charge on any atom is 0.0682 e. The number of aliphatic hydroxyl groups is 1. The summed E-state index contributed by atoms with van der Waals surface area (Å²) in [5.74, 6) is 0. The number of hydrogen-bond donors (Lipinski definition) is 1. The van der Waals surface area contributed by atoms with Gasteiger partial charge in [-0.25, -0.2) is 0 Å². The topological polar surface area (TPSA) is 20.2 Å². The molecule has 0 aromatic heterocycles. The third kappa shape index (κ3) is 2.23. The van der Waals surface area contributed by atoms with E-state index in [4.69, 9.17) is 16.7 Å². The second-order valence-corrected chi connectivity index (χ2v) is 3.24. The number of benzene rings is 1. The Morgan fingerprint density at radius 2 is 2.17 bits per heavy atom. The molecule has 1 aromatic rings. The molecule has 12 heavy (non-hydrogen) atoms. The smallest absolute Gasteiger partial charge is 0.0682 e. The van der Waals surface area contributed by atoms with Crippen molar-refractivity contribution in [2.24, 2.45) is 0 Å². The molecular formula is C10H13ClO. The monoisotopic (exact) mass is 184 g/mol. The highest BCUT2D eigenvalue weighted by Crippen LogP contribution is 2.19. The third-order valence-electron chi connectivity index (χ3n) is 1.82. The van der Waals surface area contributed by atoms with Crippen LogP contribution in [-0.2, 0) is 13.0 Å². The Bertz CT molecular complexity index is 258. The molecule has 0 radical (unpaired) electrons. The molecule has 0 aliphatic heterocycles. The maximum atomic E-state index is 8.82. The van der Waals surface area contributed by atoms with Crippen molar-refractivity contribution in [3.63, 3.8) is 0 Å². The minimum atomic E-state index is 0.0616. The maximum absolute atomic E-state index is 8.82. The summed E-state index contributed by atoms with van der Waals surface area (Å²) in [6, 6.07) is 5.72. The summed E-state index contributed by atoms with van der Waals surface area (Å²) in [5, 5.41) is 9.59. The highest BCUT2D eigenvalue weighted by atomic mass is 35.5. The van der Waals surface area contributed by atoms with E-state index in [0.717, 1.165) is 29.0 Å². The van der Waals surface area contributed by atoms with Crippen LogP contribution in [0.5, 0.6) is 0 Å². The predicted molar refractivity (Wildman–Crippen MR) is 51.4 cm³/mol. The quantitative estimate of drug-likeness (QED) is 0.766. The Morgan fingerprint density at radius 1 is 1.42 bits per heavy atom. The zero-order valence-electron chi connectivity index (χ0n) is 7.18. The number of hydrogen-bond acceptors (Lipinski definition) is 1. The van der Waals surface area contributed by atoms with Crippen molar-refractivity contribution in [2.45, 2.75) is 26.4 Å². The summed E-state index contributed by atoms with van der Waals surface area (Å²) < 4.78 is 0. The molecule has 0 spiro atoms. The van der Waals surface area contributed by atoms with Crippen molar-refractivity contribution in [1.82, 2.24) is 0 Å². The minimum absolute atomic E-state index is 0.0616. The van der Waals surface area contributed by atoms with Gasteiger partial charge in [-0.2, -0.15) is 0 Å². The molecule has 1 N–H and O–H groups in total. The van der Waals surface area contributed by atoms with Crippen molar-refractivity contribution in [3.8, 4) is 0 Å². The lowest BCUT2D eigenvalue weighted by atomic mass is 10.1. The van der Waals surface area contributed by atoms with Gasteiger partial charge < -0.3 is 5.11 Å². The van der Waals surface area contributed by atoms with E-state index >= 15 is 0 Å². The molecule has 0 fully saturated rings. The van der Waals surface area contributed by atoms with Crippen LogP contribution in [0.1, 0.15) is 24.5 Å². The molecule has 0 unspecified atom stereocenters. The van der Waals surface area contributed by atoms with Gasteiger partial charge in [-0.1, -0.05) is 37.1 Å². The molecule has 0 aliphatic rings. The van der Waals surface area contributed by atoms with Gasteiger partial charge in [-0.3, -0.25) is 0 Å². The zero-order chi connectivity index (χ0) is 8.97. The normalized spacial score (nSPS) is 10.2. The summed E-state index contributed by atoms with van der Waals surface area (Å²) in [7, 11) is 0. The van der Waals surface area contributed by atoms with Crippen LogP contribution in [0.25, 0.3) is 0 Å². The van der Waals surface area contributed by atoms with Gasteiger partial charge in [0.05, 0.1) is 6.61 Å². The van der Waals surface area contributed by atoms with E-state index in [2.05, 4.69) is 6.92 Å². The second kappa shape index (κ2) is 4.48. The molecule has 0 saturated heterocycles. The Labute approximate surface area is 78.0 Å². The van der Waals surface area contributed by atoms with Crippen molar-refractivity contribution in [2.75, 3.05) is 0 Å². The predicted octanol–water partition coefficient (Wildman–Crippen LogP) is 2.78. The van der Waals surface area contributed by atoms with Crippen molar-refractivity contribution in [3.05, 3.63) is 34.3 Å². The van der Waals surface area contributed by atoms with E-state index in [1.807, 2.05) is 18.2 Å². The summed E-state index contributed by atoms with van der Waals surface area (Å²) in [5.41, 5.74) is 2.04. The third-order valence-corrected chi connectivity index (χ3v) is 2.17. The summed E-state index contributed by atoms with van der Waals surface area (Å²) in [4.78, 5) is 0. The highest BCUT2D eigenvalue weighted by molar-refractivity contribution is 6.31. The number of aliphatic hydroxyl groups excluding tert-OH is 1. The minimum Gasteiger partial charge on any atom is -0.392 e. The first kappa shape index (κ1) is 9.56. The van der Waals surface area contributed by atoms with E-state index in [-0.39, 0.29) is 6.61 Å². The van der Waals surface area contributed by atoms with Crippen LogP contribution >= 0.6 is 11.6 Å². The average molecular weight is 185 g/mol. The lowest BCUT2D eigenvalue weighted by Crippen LogP contribution is -1.88. The molecular weight excluding hydrogens is 172 g/mol. The first-order chi connectivity index (χ1) is 5.77. The largest absolute Gasteiger partial charge is 0.392 e. The van der Waals surface area contributed by atoms with Crippen LogP contribution in [0.3, 0.4) is 0 Å². The molecule has 0 saturated carbocycles. The summed E-state index contributed by atoms with van der Waals surface area (Å²) in [6.07, 6.45) is 2.10. The van der Waals surface area contributed by atoms with Crippen LogP contribution in [0.2, 0.25) is 5.02 Å². The van der Waals surface area contributed by atoms with Gasteiger partial charge >= 0.3 is 0 Å². The molecule has 0 atom stereocenters. The molecule has 2 heteroatoms. The molecule has 66 valence electrons. The van der Waals surface area contributed by atoms with E-state index in [0.29, 0.717) is 0 Å². The van der Waals surface area contributed by atoms with Crippen LogP contribution in [0.15, 0.2) is 18.2 Å². The van der Waals surface area contributed by atoms with Gasteiger partial charge in [-0.05, 0) is 23.6 Å². The van der Waals surface area contributed by atoms with Crippen LogP contribution in [0.4, 0.5) is 0 Å². The van der Waals surface area contributed by atoms with Gasteiger partial charge in [0.2, 0.25) is 0 Å². The number of halogens is 1.